The lowest BCUT2D eigenvalue weighted by molar-refractivity contribution is 0.213. The van der Waals surface area contributed by atoms with Crippen molar-refractivity contribution >= 4 is 33.3 Å². The summed E-state index contributed by atoms with van der Waals surface area (Å²) >= 11 is 0. The van der Waals surface area contributed by atoms with Crippen LogP contribution in [0.25, 0.3) is 21.5 Å². The molecule has 0 saturated carbocycles. The number of nitrogens with one attached hydrogen (secondary N) is 1. The average Bonchev–Trinajstić information content (AvgIpc) is 2.63. The lowest BCUT2D eigenvalue weighted by atomic mass is 10.1. The molecule has 25 heavy (non-hydrogen) atoms. The molecule has 0 spiro atoms. The van der Waals surface area contributed by atoms with Crippen LogP contribution in [-0.4, -0.2) is 11.2 Å². The molecule has 0 aliphatic carbocycles. The Hall–Kier alpha value is -3.53. The molecule has 0 fully saturated rings. The Kier molecular flexibility index (Phi) is 3.71. The van der Waals surface area contributed by atoms with Crippen LogP contribution in [0.2, 0.25) is 0 Å². The number of aromatic hydroxyl groups is 1. The first-order valence-electron chi connectivity index (χ1n) is 7.89. The van der Waals surface area contributed by atoms with Gasteiger partial charge in [-0.15, -0.1) is 0 Å². The molecule has 0 radical (unpaired) electrons. The second kappa shape index (κ2) is 6.17. The van der Waals surface area contributed by atoms with Crippen LogP contribution in [0.5, 0.6) is 11.5 Å². The first kappa shape index (κ1) is 15.0. The zero-order valence-electron chi connectivity index (χ0n) is 13.3. The van der Waals surface area contributed by atoms with Gasteiger partial charge in [-0.2, -0.15) is 0 Å². The fraction of sp³-hybridized carbons (Fsp3) is 0. The third kappa shape index (κ3) is 2.97. The Bertz CT molecular complexity index is 1080. The van der Waals surface area contributed by atoms with Crippen molar-refractivity contribution in [3.05, 3.63) is 78.9 Å². The topological polar surface area (TPSA) is 58.6 Å². The number of carbonyl (C=O) groups is 1. The predicted molar refractivity (Wildman–Crippen MR) is 99.2 cm³/mol. The first-order valence-corrected chi connectivity index (χ1v) is 7.89. The molecular formula is C21H15NO3. The summed E-state index contributed by atoms with van der Waals surface area (Å²) in [6, 6.07) is 24.2. The highest BCUT2D eigenvalue weighted by atomic mass is 16.6. The fourth-order valence-electron chi connectivity index (χ4n) is 2.86. The van der Waals surface area contributed by atoms with Crippen LogP contribution in [0.1, 0.15) is 0 Å². The number of rotatable bonds is 2. The summed E-state index contributed by atoms with van der Waals surface area (Å²) < 4.78 is 5.31. The van der Waals surface area contributed by atoms with Gasteiger partial charge in [0.2, 0.25) is 0 Å². The summed E-state index contributed by atoms with van der Waals surface area (Å²) in [6.07, 6.45) is -0.651. The number of anilines is 1. The van der Waals surface area contributed by atoms with Gasteiger partial charge < -0.3 is 9.84 Å². The van der Waals surface area contributed by atoms with E-state index in [1.54, 1.807) is 12.1 Å². The van der Waals surface area contributed by atoms with Crippen molar-refractivity contribution in [1.82, 2.24) is 0 Å². The number of hydrogen-bond acceptors (Lipinski definition) is 3. The van der Waals surface area contributed by atoms with E-state index in [0.717, 1.165) is 21.5 Å². The number of benzene rings is 4. The maximum Gasteiger partial charge on any atom is 0.417 e. The van der Waals surface area contributed by atoms with Crippen LogP contribution < -0.4 is 10.1 Å². The monoisotopic (exact) mass is 329 g/mol. The van der Waals surface area contributed by atoms with Crippen LogP contribution in [0.3, 0.4) is 0 Å². The van der Waals surface area contributed by atoms with E-state index in [1.165, 1.54) is 0 Å². The molecule has 0 aliphatic rings. The quantitative estimate of drug-likeness (QED) is 0.524. The molecule has 1 amide bonds. The number of phenols is 1. The summed E-state index contributed by atoms with van der Waals surface area (Å²) in [6.45, 7) is 0. The number of carbonyl (C=O) groups excluding carboxylic acids is 1. The number of hydrogen-bond donors (Lipinski definition) is 2. The number of phenolic OH excluding ortho intramolecular Hbond substituents is 1. The molecule has 4 nitrogen and oxygen atoms in total. The second-order valence-electron chi connectivity index (χ2n) is 5.71. The Morgan fingerprint density at radius 1 is 0.800 bits per heavy atom. The van der Waals surface area contributed by atoms with Gasteiger partial charge in [0.25, 0.3) is 0 Å². The van der Waals surface area contributed by atoms with Gasteiger partial charge in [-0.3, -0.25) is 5.32 Å². The smallest absolute Gasteiger partial charge is 0.417 e. The minimum Gasteiger partial charge on any atom is -0.504 e. The van der Waals surface area contributed by atoms with Crippen LogP contribution >= 0.6 is 0 Å². The average molecular weight is 329 g/mol. The first-order chi connectivity index (χ1) is 12.2. The molecule has 2 N–H and O–H groups in total. The zero-order valence-corrected chi connectivity index (χ0v) is 13.3. The third-order valence-corrected chi connectivity index (χ3v) is 4.06. The largest absolute Gasteiger partial charge is 0.504 e. The van der Waals surface area contributed by atoms with E-state index in [2.05, 4.69) is 5.32 Å². The van der Waals surface area contributed by atoms with Crippen molar-refractivity contribution in [1.29, 1.82) is 0 Å². The Labute approximate surface area is 144 Å². The molecule has 0 heterocycles. The van der Waals surface area contributed by atoms with E-state index in [1.807, 2.05) is 66.7 Å². The van der Waals surface area contributed by atoms with E-state index < -0.39 is 6.09 Å². The molecule has 0 bridgehead atoms. The third-order valence-electron chi connectivity index (χ3n) is 4.06. The van der Waals surface area contributed by atoms with Gasteiger partial charge >= 0.3 is 6.09 Å². The van der Waals surface area contributed by atoms with Crippen molar-refractivity contribution in [2.45, 2.75) is 0 Å². The van der Waals surface area contributed by atoms with Crippen molar-refractivity contribution in [2.75, 3.05) is 5.32 Å². The minimum atomic E-state index is -0.651. The lowest BCUT2D eigenvalue weighted by Crippen LogP contribution is -2.17. The molecule has 4 aromatic rings. The van der Waals surface area contributed by atoms with Gasteiger partial charge in [-0.1, -0.05) is 60.7 Å². The number of ether oxygens (including phenoxy) is 1. The summed E-state index contributed by atoms with van der Waals surface area (Å²) in [7, 11) is 0. The van der Waals surface area contributed by atoms with E-state index in [4.69, 9.17) is 4.74 Å². The predicted octanol–water partition coefficient (Wildman–Crippen LogP) is 5.31. The van der Waals surface area contributed by atoms with Gasteiger partial charge in [0.1, 0.15) is 0 Å². The highest BCUT2D eigenvalue weighted by Crippen LogP contribution is 2.32. The minimum absolute atomic E-state index is 0.0771. The molecule has 0 unspecified atom stereocenters. The summed E-state index contributed by atoms with van der Waals surface area (Å²) in [5.74, 6) is 0.0446. The second-order valence-corrected chi connectivity index (χ2v) is 5.71. The SMILES string of the molecule is O=C(Nc1cccc2ccccc12)Oc1cc2ccccc2cc1O. The van der Waals surface area contributed by atoms with Crippen molar-refractivity contribution < 1.29 is 14.6 Å². The maximum atomic E-state index is 12.3. The van der Waals surface area contributed by atoms with Gasteiger partial charge in [-0.25, -0.2) is 4.79 Å². The zero-order chi connectivity index (χ0) is 17.2. The van der Waals surface area contributed by atoms with E-state index in [9.17, 15) is 9.90 Å². The van der Waals surface area contributed by atoms with E-state index >= 15 is 0 Å². The van der Waals surface area contributed by atoms with Gasteiger partial charge in [0.15, 0.2) is 11.5 Å². The highest BCUT2D eigenvalue weighted by molar-refractivity contribution is 6.00. The molecule has 4 rings (SSSR count). The van der Waals surface area contributed by atoms with Crippen molar-refractivity contribution in [3.63, 3.8) is 0 Å². The highest BCUT2D eigenvalue weighted by Gasteiger charge is 2.12. The van der Waals surface area contributed by atoms with Crippen molar-refractivity contribution in [3.8, 4) is 11.5 Å². The molecular weight excluding hydrogens is 314 g/mol. The lowest BCUT2D eigenvalue weighted by Gasteiger charge is -2.11. The van der Waals surface area contributed by atoms with E-state index in [-0.39, 0.29) is 11.5 Å². The Morgan fingerprint density at radius 3 is 2.24 bits per heavy atom. The maximum absolute atomic E-state index is 12.3. The summed E-state index contributed by atoms with van der Waals surface area (Å²) in [5.41, 5.74) is 0.656. The van der Waals surface area contributed by atoms with Gasteiger partial charge in [-0.05, 0) is 34.4 Å². The summed E-state index contributed by atoms with van der Waals surface area (Å²) in [4.78, 5) is 12.3. The molecule has 122 valence electrons. The number of fused-ring (bicyclic) bond motifs is 2. The van der Waals surface area contributed by atoms with Crippen LogP contribution in [0.4, 0.5) is 10.5 Å². The van der Waals surface area contributed by atoms with Crippen molar-refractivity contribution in [2.24, 2.45) is 0 Å². The van der Waals surface area contributed by atoms with Crippen LogP contribution in [0.15, 0.2) is 78.9 Å². The molecule has 0 aliphatic heterocycles. The van der Waals surface area contributed by atoms with Gasteiger partial charge in [0, 0.05) is 5.39 Å². The standard InChI is InChI=1S/C21H15NO3/c23-19-12-15-7-1-2-8-16(15)13-20(19)25-21(24)22-18-11-5-9-14-6-3-4-10-17(14)18/h1-13,23H,(H,22,24). The molecule has 4 aromatic carbocycles. The Balaban J connectivity index is 1.61. The van der Waals surface area contributed by atoms with Crippen LogP contribution in [-0.2, 0) is 0 Å². The normalized spacial score (nSPS) is 10.7. The summed E-state index contributed by atoms with van der Waals surface area (Å²) in [5, 5.41) is 16.5. The van der Waals surface area contributed by atoms with E-state index in [0.29, 0.717) is 5.69 Å². The molecule has 0 atom stereocenters. The number of amides is 1. The Morgan fingerprint density at radius 2 is 1.44 bits per heavy atom. The molecule has 0 aromatic heterocycles. The molecule has 0 saturated heterocycles. The van der Waals surface area contributed by atoms with Crippen LogP contribution in [0, 0.1) is 0 Å². The fourth-order valence-corrected chi connectivity index (χ4v) is 2.86. The van der Waals surface area contributed by atoms with Gasteiger partial charge in [0.05, 0.1) is 5.69 Å². The molecule has 4 heteroatoms.